The number of hydrogen-bond donors (Lipinski definition) is 1. The molecule has 1 aromatic carbocycles. The summed E-state index contributed by atoms with van der Waals surface area (Å²) in [5.41, 5.74) is 2.20. The van der Waals surface area contributed by atoms with Crippen molar-refractivity contribution < 1.29 is 9.53 Å². The summed E-state index contributed by atoms with van der Waals surface area (Å²) in [5.74, 6) is 0.687. The molecule has 1 N–H and O–H groups in total. The molecule has 0 aliphatic carbocycles. The monoisotopic (exact) mass is 268 g/mol. The zero-order valence-corrected chi connectivity index (χ0v) is 11.5. The summed E-state index contributed by atoms with van der Waals surface area (Å²) in [7, 11) is 1.62. The number of nitrogens with one attached hydrogen (secondary N) is 1. The topological polar surface area (TPSA) is 51.2 Å². The van der Waals surface area contributed by atoms with Crippen LogP contribution < -0.4 is 10.1 Å². The number of rotatable bonds is 5. The molecular formula is C16H16N2O2. The van der Waals surface area contributed by atoms with Gasteiger partial charge in [-0.1, -0.05) is 6.07 Å². The van der Waals surface area contributed by atoms with Crippen molar-refractivity contribution in [1.29, 1.82) is 0 Å². The Balaban J connectivity index is 2.09. The molecular weight excluding hydrogens is 252 g/mol. The third-order valence-corrected chi connectivity index (χ3v) is 2.70. The fraction of sp³-hybridized carbons (Fsp3) is 0.125. The van der Waals surface area contributed by atoms with Crippen molar-refractivity contribution in [3.05, 3.63) is 66.1 Å². The van der Waals surface area contributed by atoms with Crippen LogP contribution in [0.2, 0.25) is 0 Å². The summed E-state index contributed by atoms with van der Waals surface area (Å²) in [6.45, 7) is 1.84. The lowest BCUT2D eigenvalue weighted by Gasteiger charge is -2.08. The van der Waals surface area contributed by atoms with Crippen molar-refractivity contribution in [3.63, 3.8) is 0 Å². The molecule has 0 radical (unpaired) electrons. The number of ketones is 1. The van der Waals surface area contributed by atoms with Gasteiger partial charge in [0.25, 0.3) is 0 Å². The molecule has 0 aliphatic heterocycles. The first kappa shape index (κ1) is 13.8. The number of hydrogen-bond acceptors (Lipinski definition) is 4. The van der Waals surface area contributed by atoms with E-state index in [1.165, 1.54) is 0 Å². The molecule has 0 spiro atoms. The number of pyridine rings is 1. The maximum Gasteiger partial charge on any atom is 0.189 e. The Morgan fingerprint density at radius 2 is 2.15 bits per heavy atom. The van der Waals surface area contributed by atoms with Gasteiger partial charge < -0.3 is 10.1 Å². The zero-order valence-electron chi connectivity index (χ0n) is 11.5. The van der Waals surface area contributed by atoms with Crippen LogP contribution in [-0.2, 0) is 0 Å². The number of anilines is 1. The zero-order chi connectivity index (χ0) is 14.4. The minimum atomic E-state index is -0.0778. The molecule has 1 heterocycles. The predicted molar refractivity (Wildman–Crippen MR) is 78.9 cm³/mol. The number of nitrogens with zero attached hydrogens (tertiary/aromatic N) is 1. The van der Waals surface area contributed by atoms with Gasteiger partial charge in [0.1, 0.15) is 5.75 Å². The Hall–Kier alpha value is -2.62. The first-order chi connectivity index (χ1) is 9.69. The maximum absolute atomic E-state index is 12.0. The predicted octanol–water partition coefficient (Wildman–Crippen LogP) is 3.29. The minimum Gasteiger partial charge on any atom is -0.497 e. The Morgan fingerprint density at radius 1 is 1.30 bits per heavy atom. The molecule has 0 fully saturated rings. The van der Waals surface area contributed by atoms with Crippen LogP contribution in [0.3, 0.4) is 0 Å². The Kier molecular flexibility index (Phi) is 4.50. The summed E-state index contributed by atoms with van der Waals surface area (Å²) < 4.78 is 5.15. The summed E-state index contributed by atoms with van der Waals surface area (Å²) in [6, 6.07) is 11.0. The lowest BCUT2D eigenvalue weighted by atomic mass is 10.1. The van der Waals surface area contributed by atoms with Crippen LogP contribution in [0.5, 0.6) is 5.75 Å². The van der Waals surface area contributed by atoms with Gasteiger partial charge in [0.15, 0.2) is 5.78 Å². The number of allylic oxidation sites excluding steroid dienone is 2. The number of methoxy groups -OCH3 is 1. The third kappa shape index (κ3) is 3.68. The molecule has 1 aromatic heterocycles. The molecule has 20 heavy (non-hydrogen) atoms. The minimum absolute atomic E-state index is 0.0778. The first-order valence-corrected chi connectivity index (χ1v) is 6.23. The van der Waals surface area contributed by atoms with E-state index in [4.69, 9.17) is 4.74 Å². The van der Waals surface area contributed by atoms with Gasteiger partial charge in [-0.15, -0.1) is 0 Å². The second-order valence-electron chi connectivity index (χ2n) is 4.29. The number of ether oxygens (including phenoxy) is 1. The molecule has 0 bridgehead atoms. The summed E-state index contributed by atoms with van der Waals surface area (Å²) in [5, 5.41) is 3.16. The summed E-state index contributed by atoms with van der Waals surface area (Å²) >= 11 is 0. The van der Waals surface area contributed by atoms with Crippen LogP contribution in [-0.4, -0.2) is 17.9 Å². The normalized spacial score (nSPS) is 11.0. The Bertz CT molecular complexity index is 621. The summed E-state index contributed by atoms with van der Waals surface area (Å²) in [6.07, 6.45) is 4.75. The van der Waals surface area contributed by atoms with Gasteiger partial charge in [0.05, 0.1) is 7.11 Å². The average molecular weight is 268 g/mol. The van der Waals surface area contributed by atoms with E-state index in [9.17, 15) is 4.79 Å². The van der Waals surface area contributed by atoms with Crippen LogP contribution in [0.4, 0.5) is 5.69 Å². The fourth-order valence-corrected chi connectivity index (χ4v) is 1.75. The van der Waals surface area contributed by atoms with Gasteiger partial charge in [-0.3, -0.25) is 9.78 Å². The van der Waals surface area contributed by atoms with E-state index in [1.54, 1.807) is 37.7 Å². The summed E-state index contributed by atoms with van der Waals surface area (Å²) in [4.78, 5) is 15.9. The molecule has 0 saturated heterocycles. The molecule has 4 nitrogen and oxygen atoms in total. The van der Waals surface area contributed by atoms with Crippen molar-refractivity contribution in [2.75, 3.05) is 12.4 Å². The maximum atomic E-state index is 12.0. The lowest BCUT2D eigenvalue weighted by Crippen LogP contribution is -2.01. The van der Waals surface area contributed by atoms with E-state index in [1.807, 2.05) is 31.2 Å². The molecule has 0 atom stereocenters. The van der Waals surface area contributed by atoms with Gasteiger partial charge in [-0.25, -0.2) is 0 Å². The van der Waals surface area contributed by atoms with Crippen molar-refractivity contribution in [3.8, 4) is 5.75 Å². The molecule has 0 saturated carbocycles. The van der Waals surface area contributed by atoms with Gasteiger partial charge >= 0.3 is 0 Å². The fourth-order valence-electron chi connectivity index (χ4n) is 1.75. The van der Waals surface area contributed by atoms with Crippen LogP contribution in [0.1, 0.15) is 17.3 Å². The van der Waals surface area contributed by atoms with Crippen LogP contribution in [0.25, 0.3) is 0 Å². The SMILES string of the molecule is COc1cccc(N/C(C)=C/C(=O)c2cccnc2)c1. The van der Waals surface area contributed by atoms with Gasteiger partial charge in [0, 0.05) is 41.5 Å². The van der Waals surface area contributed by atoms with E-state index in [2.05, 4.69) is 10.3 Å². The van der Waals surface area contributed by atoms with Gasteiger partial charge in [-0.05, 0) is 31.2 Å². The standard InChI is InChI=1S/C16H16N2O2/c1-12(9-16(19)13-5-4-8-17-11-13)18-14-6-3-7-15(10-14)20-2/h3-11,18H,1-2H3/b12-9+. The van der Waals surface area contributed by atoms with Crippen molar-refractivity contribution in [1.82, 2.24) is 4.98 Å². The molecule has 4 heteroatoms. The highest BCUT2D eigenvalue weighted by Gasteiger charge is 2.03. The highest BCUT2D eigenvalue weighted by atomic mass is 16.5. The number of aromatic nitrogens is 1. The highest BCUT2D eigenvalue weighted by molar-refractivity contribution is 6.04. The molecule has 2 aromatic rings. The molecule has 102 valence electrons. The van der Waals surface area contributed by atoms with E-state index in [0.717, 1.165) is 17.1 Å². The van der Waals surface area contributed by atoms with E-state index in [0.29, 0.717) is 5.56 Å². The van der Waals surface area contributed by atoms with E-state index in [-0.39, 0.29) is 5.78 Å². The number of carbonyl (C=O) groups excluding carboxylic acids is 1. The van der Waals surface area contributed by atoms with Gasteiger partial charge in [0.2, 0.25) is 0 Å². The van der Waals surface area contributed by atoms with Crippen LogP contribution in [0.15, 0.2) is 60.6 Å². The van der Waals surface area contributed by atoms with Gasteiger partial charge in [-0.2, -0.15) is 0 Å². The smallest absolute Gasteiger partial charge is 0.189 e. The largest absolute Gasteiger partial charge is 0.497 e. The Morgan fingerprint density at radius 3 is 2.85 bits per heavy atom. The van der Waals surface area contributed by atoms with Crippen molar-refractivity contribution in [2.24, 2.45) is 0 Å². The molecule has 0 aliphatic rings. The van der Waals surface area contributed by atoms with E-state index >= 15 is 0 Å². The molecule has 2 rings (SSSR count). The van der Waals surface area contributed by atoms with Crippen molar-refractivity contribution >= 4 is 11.5 Å². The average Bonchev–Trinajstić information content (AvgIpc) is 2.48. The molecule has 0 amide bonds. The quantitative estimate of drug-likeness (QED) is 0.668. The van der Waals surface area contributed by atoms with Crippen LogP contribution in [0, 0.1) is 0 Å². The lowest BCUT2D eigenvalue weighted by molar-refractivity contribution is 0.104. The Labute approximate surface area is 118 Å². The van der Waals surface area contributed by atoms with Crippen LogP contribution >= 0.6 is 0 Å². The second-order valence-corrected chi connectivity index (χ2v) is 4.29. The first-order valence-electron chi connectivity index (χ1n) is 6.23. The second kappa shape index (κ2) is 6.52. The molecule has 0 unspecified atom stereocenters. The number of benzene rings is 1. The number of carbonyl (C=O) groups is 1. The highest BCUT2D eigenvalue weighted by Crippen LogP contribution is 2.18. The van der Waals surface area contributed by atoms with E-state index < -0.39 is 0 Å². The van der Waals surface area contributed by atoms with Crippen molar-refractivity contribution in [2.45, 2.75) is 6.92 Å². The third-order valence-electron chi connectivity index (χ3n) is 2.70.